The quantitative estimate of drug-likeness (QED) is 0.824. The van der Waals surface area contributed by atoms with Crippen LogP contribution in [0.2, 0.25) is 0 Å². The molecule has 0 spiro atoms. The monoisotopic (exact) mass is 252 g/mol. The summed E-state index contributed by atoms with van der Waals surface area (Å²) in [7, 11) is 0. The third kappa shape index (κ3) is 3.01. The van der Waals surface area contributed by atoms with Crippen LogP contribution in [-0.4, -0.2) is 35.4 Å². The van der Waals surface area contributed by atoms with Crippen molar-refractivity contribution in [1.82, 2.24) is 15.1 Å². The van der Waals surface area contributed by atoms with Gasteiger partial charge in [0.2, 0.25) is 0 Å². The van der Waals surface area contributed by atoms with E-state index in [0.717, 1.165) is 26.1 Å². The Hall–Kier alpha value is -1.56. The van der Waals surface area contributed by atoms with Crippen LogP contribution >= 0.6 is 0 Å². The van der Waals surface area contributed by atoms with E-state index in [4.69, 9.17) is 10.5 Å². The van der Waals surface area contributed by atoms with E-state index in [1.165, 1.54) is 0 Å². The first-order valence-electron chi connectivity index (χ1n) is 6.39. The third-order valence-electron chi connectivity index (χ3n) is 3.22. The first-order chi connectivity index (χ1) is 8.70. The normalized spacial score (nSPS) is 16.7. The number of aromatic nitrogens is 2. The molecule has 100 valence electrons. The molecule has 0 aromatic carbocycles. The molecule has 1 amide bonds. The predicted octanol–water partition coefficient (Wildman–Crippen LogP) is 0.642. The van der Waals surface area contributed by atoms with Crippen molar-refractivity contribution in [3.63, 3.8) is 0 Å². The molecule has 2 rings (SSSR count). The summed E-state index contributed by atoms with van der Waals surface area (Å²) in [4.78, 5) is 11.9. The first-order valence-corrected chi connectivity index (χ1v) is 6.39. The van der Waals surface area contributed by atoms with E-state index >= 15 is 0 Å². The van der Waals surface area contributed by atoms with E-state index in [9.17, 15) is 4.79 Å². The summed E-state index contributed by atoms with van der Waals surface area (Å²) in [6.45, 7) is 4.90. The summed E-state index contributed by atoms with van der Waals surface area (Å²) in [5.41, 5.74) is 6.52. The average Bonchev–Trinajstić information content (AvgIpc) is 2.78. The number of nitrogens with one attached hydrogen (secondary N) is 1. The standard InChI is InChI=1S/C12H20N4O2/c1-2-16-8-10(13)11(15-16)12(17)14-7-9-3-5-18-6-4-9/h8-9H,2-7,13H2,1H3,(H,14,17). The smallest absolute Gasteiger partial charge is 0.273 e. The lowest BCUT2D eigenvalue weighted by atomic mass is 10.0. The van der Waals surface area contributed by atoms with Crippen LogP contribution < -0.4 is 11.1 Å². The number of hydrogen-bond acceptors (Lipinski definition) is 4. The Kier molecular flexibility index (Phi) is 4.19. The fourth-order valence-electron chi connectivity index (χ4n) is 2.05. The lowest BCUT2D eigenvalue weighted by Gasteiger charge is -2.21. The van der Waals surface area contributed by atoms with Gasteiger partial charge in [0.25, 0.3) is 5.91 Å². The highest BCUT2D eigenvalue weighted by Gasteiger charge is 2.18. The molecule has 6 heteroatoms. The zero-order valence-corrected chi connectivity index (χ0v) is 10.7. The second-order valence-corrected chi connectivity index (χ2v) is 4.55. The minimum absolute atomic E-state index is 0.189. The van der Waals surface area contributed by atoms with Gasteiger partial charge in [0, 0.05) is 32.5 Å². The fourth-order valence-corrected chi connectivity index (χ4v) is 2.05. The van der Waals surface area contributed by atoms with Crippen molar-refractivity contribution in [3.8, 4) is 0 Å². The highest BCUT2D eigenvalue weighted by molar-refractivity contribution is 5.96. The molecule has 1 aliphatic heterocycles. The molecule has 2 heterocycles. The number of nitrogens with zero attached hydrogens (tertiary/aromatic N) is 2. The van der Waals surface area contributed by atoms with Gasteiger partial charge in [-0.2, -0.15) is 5.10 Å². The summed E-state index contributed by atoms with van der Waals surface area (Å²) in [5.74, 6) is 0.309. The molecule has 0 bridgehead atoms. The van der Waals surface area contributed by atoms with Crippen LogP contribution in [-0.2, 0) is 11.3 Å². The zero-order chi connectivity index (χ0) is 13.0. The highest BCUT2D eigenvalue weighted by Crippen LogP contribution is 2.14. The molecule has 0 atom stereocenters. The molecule has 1 aliphatic rings. The van der Waals surface area contributed by atoms with E-state index in [2.05, 4.69) is 10.4 Å². The van der Waals surface area contributed by atoms with Crippen molar-refractivity contribution in [3.05, 3.63) is 11.9 Å². The van der Waals surface area contributed by atoms with Gasteiger partial charge in [0.15, 0.2) is 5.69 Å². The van der Waals surface area contributed by atoms with Gasteiger partial charge < -0.3 is 15.8 Å². The van der Waals surface area contributed by atoms with Crippen molar-refractivity contribution in [2.45, 2.75) is 26.3 Å². The zero-order valence-electron chi connectivity index (χ0n) is 10.7. The molecule has 1 aromatic heterocycles. The van der Waals surface area contributed by atoms with Crippen LogP contribution in [0.25, 0.3) is 0 Å². The van der Waals surface area contributed by atoms with Crippen molar-refractivity contribution >= 4 is 11.6 Å². The molecule has 3 N–H and O–H groups in total. The molecule has 1 saturated heterocycles. The van der Waals surface area contributed by atoms with Crippen LogP contribution in [0.15, 0.2) is 6.20 Å². The fraction of sp³-hybridized carbons (Fsp3) is 0.667. The topological polar surface area (TPSA) is 82.2 Å². The number of rotatable bonds is 4. The van der Waals surface area contributed by atoms with Gasteiger partial charge in [-0.25, -0.2) is 0 Å². The number of ether oxygens (including phenoxy) is 1. The van der Waals surface area contributed by atoms with E-state index in [1.54, 1.807) is 10.9 Å². The van der Waals surface area contributed by atoms with Crippen LogP contribution in [0, 0.1) is 5.92 Å². The van der Waals surface area contributed by atoms with Crippen molar-refractivity contribution in [2.24, 2.45) is 5.92 Å². The summed E-state index contributed by atoms with van der Waals surface area (Å²) in [5, 5.41) is 7.04. The second-order valence-electron chi connectivity index (χ2n) is 4.55. The molecule has 1 aromatic rings. The van der Waals surface area contributed by atoms with E-state index in [0.29, 0.717) is 30.4 Å². The summed E-state index contributed by atoms with van der Waals surface area (Å²) in [6, 6.07) is 0. The molecule has 1 fully saturated rings. The van der Waals surface area contributed by atoms with Crippen LogP contribution in [0.3, 0.4) is 0 Å². The van der Waals surface area contributed by atoms with E-state index in [-0.39, 0.29) is 5.91 Å². The molecule has 0 unspecified atom stereocenters. The number of anilines is 1. The molecule has 0 saturated carbocycles. The van der Waals surface area contributed by atoms with Gasteiger partial charge in [0.05, 0.1) is 5.69 Å². The van der Waals surface area contributed by atoms with Gasteiger partial charge in [-0.1, -0.05) is 0 Å². The van der Waals surface area contributed by atoms with Crippen LogP contribution in [0.4, 0.5) is 5.69 Å². The van der Waals surface area contributed by atoms with Crippen molar-refractivity contribution in [1.29, 1.82) is 0 Å². The van der Waals surface area contributed by atoms with Gasteiger partial charge in [-0.05, 0) is 25.7 Å². The van der Waals surface area contributed by atoms with Crippen molar-refractivity contribution < 1.29 is 9.53 Å². The van der Waals surface area contributed by atoms with E-state index in [1.807, 2.05) is 6.92 Å². The number of hydrogen-bond donors (Lipinski definition) is 2. The third-order valence-corrected chi connectivity index (χ3v) is 3.22. The van der Waals surface area contributed by atoms with Gasteiger partial charge in [0.1, 0.15) is 0 Å². The summed E-state index contributed by atoms with van der Waals surface area (Å²) < 4.78 is 6.95. The maximum atomic E-state index is 11.9. The summed E-state index contributed by atoms with van der Waals surface area (Å²) >= 11 is 0. The number of carbonyl (C=O) groups excluding carboxylic acids is 1. The molecule has 0 radical (unpaired) electrons. The Labute approximate surface area is 106 Å². The van der Waals surface area contributed by atoms with E-state index < -0.39 is 0 Å². The van der Waals surface area contributed by atoms with Crippen LogP contribution in [0.1, 0.15) is 30.3 Å². The molecule has 0 aliphatic carbocycles. The van der Waals surface area contributed by atoms with Gasteiger partial charge in [-0.15, -0.1) is 0 Å². The Morgan fingerprint density at radius 2 is 2.33 bits per heavy atom. The average molecular weight is 252 g/mol. The molecular weight excluding hydrogens is 232 g/mol. The Morgan fingerprint density at radius 3 is 2.94 bits per heavy atom. The molecule has 6 nitrogen and oxygen atoms in total. The van der Waals surface area contributed by atoms with Crippen molar-refractivity contribution in [2.75, 3.05) is 25.5 Å². The number of nitrogen functional groups attached to an aromatic ring is 1. The van der Waals surface area contributed by atoms with Gasteiger partial charge >= 0.3 is 0 Å². The second kappa shape index (κ2) is 5.86. The minimum atomic E-state index is -0.189. The Morgan fingerprint density at radius 1 is 1.61 bits per heavy atom. The molecular formula is C12H20N4O2. The number of carbonyl (C=O) groups is 1. The number of nitrogens with two attached hydrogens (primary N) is 1. The van der Waals surface area contributed by atoms with Gasteiger partial charge in [-0.3, -0.25) is 9.48 Å². The summed E-state index contributed by atoms with van der Waals surface area (Å²) in [6.07, 6.45) is 3.68. The maximum absolute atomic E-state index is 11.9. The lowest BCUT2D eigenvalue weighted by Crippen LogP contribution is -2.32. The Bertz CT molecular complexity index is 410. The number of amides is 1. The maximum Gasteiger partial charge on any atom is 0.273 e. The first kappa shape index (κ1) is 12.9. The Balaban J connectivity index is 1.88. The van der Waals surface area contributed by atoms with Crippen LogP contribution in [0.5, 0.6) is 0 Å². The minimum Gasteiger partial charge on any atom is -0.396 e. The highest BCUT2D eigenvalue weighted by atomic mass is 16.5. The largest absolute Gasteiger partial charge is 0.396 e. The predicted molar refractivity (Wildman–Crippen MR) is 68.2 cm³/mol. The molecule has 18 heavy (non-hydrogen) atoms. The SMILES string of the molecule is CCn1cc(N)c(C(=O)NCC2CCOCC2)n1. The lowest BCUT2D eigenvalue weighted by molar-refractivity contribution is 0.0642. The number of aryl methyl sites for hydroxylation is 1.